The van der Waals surface area contributed by atoms with Gasteiger partial charge in [-0.3, -0.25) is 0 Å². The van der Waals surface area contributed by atoms with Crippen LogP contribution >= 0.6 is 0 Å². The maximum atomic E-state index is 6.12. The minimum atomic E-state index is 0.265. The molecule has 1 aromatic heterocycles. The summed E-state index contributed by atoms with van der Waals surface area (Å²) in [6, 6.07) is 6.49. The summed E-state index contributed by atoms with van der Waals surface area (Å²) >= 11 is 0. The molecule has 5 nitrogen and oxygen atoms in total. The van der Waals surface area contributed by atoms with Gasteiger partial charge < -0.3 is 16.4 Å². The van der Waals surface area contributed by atoms with Crippen LogP contribution in [0.1, 0.15) is 25.0 Å². The Morgan fingerprint density at radius 3 is 2.50 bits per heavy atom. The van der Waals surface area contributed by atoms with Crippen molar-refractivity contribution >= 4 is 23.0 Å². The fourth-order valence-corrected chi connectivity index (χ4v) is 1.88. The van der Waals surface area contributed by atoms with Crippen LogP contribution in [0.5, 0.6) is 0 Å². The molecule has 2 aromatic rings. The second-order valence-corrected chi connectivity index (χ2v) is 5.23. The first-order chi connectivity index (χ1) is 9.47. The van der Waals surface area contributed by atoms with Gasteiger partial charge in [-0.25, -0.2) is 9.97 Å². The molecule has 0 aliphatic carbocycles. The van der Waals surface area contributed by atoms with Gasteiger partial charge >= 0.3 is 0 Å². The van der Waals surface area contributed by atoms with E-state index >= 15 is 0 Å². The molecule has 0 atom stereocenters. The van der Waals surface area contributed by atoms with Crippen LogP contribution in [0.4, 0.5) is 23.0 Å². The van der Waals surface area contributed by atoms with E-state index in [4.69, 9.17) is 5.73 Å². The van der Waals surface area contributed by atoms with Crippen molar-refractivity contribution in [1.82, 2.24) is 9.97 Å². The van der Waals surface area contributed by atoms with Gasteiger partial charge in [-0.15, -0.1) is 0 Å². The fraction of sp³-hybridized carbons (Fsp3) is 0.333. The second-order valence-electron chi connectivity index (χ2n) is 5.23. The summed E-state index contributed by atoms with van der Waals surface area (Å²) in [5.41, 5.74) is 9.98. The topological polar surface area (TPSA) is 75.9 Å². The molecule has 0 bridgehead atoms. The Kier molecular flexibility index (Phi) is 4.08. The number of anilines is 4. The molecule has 2 rings (SSSR count). The van der Waals surface area contributed by atoms with Gasteiger partial charge in [0.05, 0.1) is 0 Å². The molecule has 0 aliphatic rings. The Morgan fingerprint density at radius 1 is 1.10 bits per heavy atom. The lowest BCUT2D eigenvalue weighted by Gasteiger charge is -2.15. The monoisotopic (exact) mass is 271 g/mol. The van der Waals surface area contributed by atoms with Gasteiger partial charge in [0.15, 0.2) is 11.6 Å². The third-order valence-electron chi connectivity index (χ3n) is 2.96. The number of nitrogens with two attached hydrogens (primary N) is 1. The van der Waals surface area contributed by atoms with Crippen molar-refractivity contribution in [1.29, 1.82) is 0 Å². The molecule has 0 saturated carbocycles. The predicted octanol–water partition coefficient (Wildman–Crippen LogP) is 3.24. The third kappa shape index (κ3) is 3.17. The van der Waals surface area contributed by atoms with Gasteiger partial charge in [0.1, 0.15) is 12.0 Å². The van der Waals surface area contributed by atoms with Crippen LogP contribution < -0.4 is 16.4 Å². The third-order valence-corrected chi connectivity index (χ3v) is 2.96. The molecular weight excluding hydrogens is 250 g/mol. The Labute approximate surface area is 119 Å². The zero-order chi connectivity index (χ0) is 14.7. The minimum absolute atomic E-state index is 0.265. The number of aromatic nitrogens is 2. The number of hydrogen-bond acceptors (Lipinski definition) is 5. The van der Waals surface area contributed by atoms with Gasteiger partial charge in [0.2, 0.25) is 0 Å². The van der Waals surface area contributed by atoms with E-state index in [2.05, 4.69) is 45.7 Å². The van der Waals surface area contributed by atoms with Crippen molar-refractivity contribution in [2.24, 2.45) is 0 Å². The smallest absolute Gasteiger partial charge is 0.159 e. The van der Waals surface area contributed by atoms with Crippen LogP contribution in [0, 0.1) is 13.8 Å². The first kappa shape index (κ1) is 14.1. The lowest BCUT2D eigenvalue weighted by molar-refractivity contribution is 0.887. The number of hydrogen-bond donors (Lipinski definition) is 3. The molecule has 1 heterocycles. The lowest BCUT2D eigenvalue weighted by atomic mass is 10.1. The highest BCUT2D eigenvalue weighted by atomic mass is 15.1. The Morgan fingerprint density at radius 2 is 1.80 bits per heavy atom. The molecule has 4 N–H and O–H groups in total. The molecule has 0 amide bonds. The quantitative estimate of drug-likeness (QED) is 0.796. The van der Waals surface area contributed by atoms with E-state index in [-0.39, 0.29) is 6.04 Å². The highest BCUT2D eigenvalue weighted by Gasteiger charge is 2.10. The maximum absolute atomic E-state index is 6.12. The Bertz CT molecular complexity index is 607. The van der Waals surface area contributed by atoms with E-state index in [1.54, 1.807) is 0 Å². The van der Waals surface area contributed by atoms with Crippen molar-refractivity contribution in [3.8, 4) is 0 Å². The predicted molar refractivity (Wildman–Crippen MR) is 84.4 cm³/mol. The Hall–Kier alpha value is -2.30. The normalized spacial score (nSPS) is 10.7. The molecule has 0 spiro atoms. The summed E-state index contributed by atoms with van der Waals surface area (Å²) in [7, 11) is 0. The number of aryl methyl sites for hydroxylation is 2. The SMILES string of the molecule is Cc1ccc(C)c(Nc2ncnc(NC(C)C)c2N)c1. The van der Waals surface area contributed by atoms with Crippen LogP contribution in [-0.2, 0) is 0 Å². The minimum Gasteiger partial charge on any atom is -0.393 e. The van der Waals surface area contributed by atoms with Crippen LogP contribution in [0.3, 0.4) is 0 Å². The number of nitrogens with zero attached hydrogens (tertiary/aromatic N) is 2. The van der Waals surface area contributed by atoms with E-state index in [0.29, 0.717) is 17.3 Å². The molecule has 0 fully saturated rings. The molecule has 0 radical (unpaired) electrons. The van der Waals surface area contributed by atoms with Crippen molar-refractivity contribution in [2.45, 2.75) is 33.7 Å². The van der Waals surface area contributed by atoms with E-state index in [0.717, 1.165) is 11.3 Å². The van der Waals surface area contributed by atoms with Gasteiger partial charge in [-0.1, -0.05) is 12.1 Å². The van der Waals surface area contributed by atoms with Gasteiger partial charge in [0, 0.05) is 11.7 Å². The van der Waals surface area contributed by atoms with Crippen molar-refractivity contribution in [3.05, 3.63) is 35.7 Å². The van der Waals surface area contributed by atoms with Crippen LogP contribution in [0.25, 0.3) is 0 Å². The Balaban J connectivity index is 2.32. The molecule has 0 unspecified atom stereocenters. The van der Waals surface area contributed by atoms with Crippen molar-refractivity contribution < 1.29 is 0 Å². The zero-order valence-corrected chi connectivity index (χ0v) is 12.4. The van der Waals surface area contributed by atoms with Crippen LogP contribution in [0.2, 0.25) is 0 Å². The molecule has 0 aliphatic heterocycles. The zero-order valence-electron chi connectivity index (χ0n) is 12.4. The second kappa shape index (κ2) is 5.77. The number of benzene rings is 1. The highest BCUT2D eigenvalue weighted by molar-refractivity contribution is 5.78. The largest absolute Gasteiger partial charge is 0.393 e. The standard InChI is InChI=1S/C15H21N5/c1-9(2)19-14-13(16)15(18-8-17-14)20-12-7-10(3)5-6-11(12)4/h5-9H,16H2,1-4H3,(H2,17,18,19,20). The molecular formula is C15H21N5. The summed E-state index contributed by atoms with van der Waals surface area (Å²) in [4.78, 5) is 8.40. The van der Waals surface area contributed by atoms with Crippen LogP contribution in [-0.4, -0.2) is 16.0 Å². The number of rotatable bonds is 4. The molecule has 5 heteroatoms. The van der Waals surface area contributed by atoms with Gasteiger partial charge in [-0.05, 0) is 44.9 Å². The number of nitrogens with one attached hydrogen (secondary N) is 2. The number of nitrogen functional groups attached to an aromatic ring is 1. The first-order valence-corrected chi connectivity index (χ1v) is 6.68. The average molecular weight is 271 g/mol. The summed E-state index contributed by atoms with van der Waals surface area (Å²) in [5.74, 6) is 1.28. The van der Waals surface area contributed by atoms with Crippen molar-refractivity contribution in [3.63, 3.8) is 0 Å². The van der Waals surface area contributed by atoms with E-state index in [1.165, 1.54) is 11.9 Å². The fourth-order valence-electron chi connectivity index (χ4n) is 1.88. The first-order valence-electron chi connectivity index (χ1n) is 6.68. The highest BCUT2D eigenvalue weighted by Crippen LogP contribution is 2.28. The lowest BCUT2D eigenvalue weighted by Crippen LogP contribution is -2.14. The van der Waals surface area contributed by atoms with E-state index in [9.17, 15) is 0 Å². The summed E-state index contributed by atoms with van der Waals surface area (Å²) in [6.45, 7) is 8.19. The average Bonchev–Trinajstić information content (AvgIpc) is 2.38. The van der Waals surface area contributed by atoms with Crippen LogP contribution in [0.15, 0.2) is 24.5 Å². The molecule has 1 aromatic carbocycles. The molecule has 20 heavy (non-hydrogen) atoms. The van der Waals surface area contributed by atoms with Gasteiger partial charge in [0.25, 0.3) is 0 Å². The summed E-state index contributed by atoms with van der Waals surface area (Å²) < 4.78 is 0. The van der Waals surface area contributed by atoms with Gasteiger partial charge in [-0.2, -0.15) is 0 Å². The van der Waals surface area contributed by atoms with E-state index < -0.39 is 0 Å². The summed E-state index contributed by atoms with van der Waals surface area (Å²) in [6.07, 6.45) is 1.51. The van der Waals surface area contributed by atoms with Crippen molar-refractivity contribution in [2.75, 3.05) is 16.4 Å². The summed E-state index contributed by atoms with van der Waals surface area (Å²) in [5, 5.41) is 6.49. The molecule has 106 valence electrons. The maximum Gasteiger partial charge on any atom is 0.159 e. The molecule has 0 saturated heterocycles. The van der Waals surface area contributed by atoms with E-state index in [1.807, 2.05) is 20.8 Å².